The molecule has 3 rings (SSSR count). The van der Waals surface area contributed by atoms with E-state index in [-0.39, 0.29) is 0 Å². The van der Waals surface area contributed by atoms with Crippen LogP contribution in [0.3, 0.4) is 0 Å². The standard InChI is InChI=1S/C21H25N5/c1-23-21(24-15-18-11-9-17(14-22)10-12-18)25-19-6-5-13-26(16-19)20-7-3-2-4-8-20/h2-4,7-12,19H,5-6,13,15-16H2,1H3,(H2,23,24,25). The lowest BCUT2D eigenvalue weighted by Crippen LogP contribution is -2.51. The van der Waals surface area contributed by atoms with E-state index in [0.717, 1.165) is 31.0 Å². The fourth-order valence-electron chi connectivity index (χ4n) is 3.24. The average Bonchev–Trinajstić information content (AvgIpc) is 2.72. The summed E-state index contributed by atoms with van der Waals surface area (Å²) in [6.45, 7) is 2.75. The molecule has 5 nitrogen and oxygen atoms in total. The zero-order valence-electron chi connectivity index (χ0n) is 15.2. The molecule has 1 fully saturated rings. The molecule has 1 aliphatic rings. The fourth-order valence-corrected chi connectivity index (χ4v) is 3.24. The number of piperidine rings is 1. The van der Waals surface area contributed by atoms with Gasteiger partial charge in [0.2, 0.25) is 0 Å². The van der Waals surface area contributed by atoms with Crippen molar-refractivity contribution in [3.8, 4) is 6.07 Å². The molecule has 1 saturated heterocycles. The lowest BCUT2D eigenvalue weighted by Gasteiger charge is -2.35. The maximum atomic E-state index is 8.87. The van der Waals surface area contributed by atoms with Crippen LogP contribution in [-0.4, -0.2) is 32.1 Å². The van der Waals surface area contributed by atoms with Crippen LogP contribution in [0.15, 0.2) is 59.6 Å². The van der Waals surface area contributed by atoms with Gasteiger partial charge in [0.1, 0.15) is 0 Å². The Labute approximate surface area is 155 Å². The topological polar surface area (TPSA) is 63.5 Å². The summed E-state index contributed by atoms with van der Waals surface area (Å²) in [4.78, 5) is 6.78. The zero-order chi connectivity index (χ0) is 18.2. The number of nitrogens with one attached hydrogen (secondary N) is 2. The molecule has 1 atom stereocenters. The van der Waals surface area contributed by atoms with Gasteiger partial charge in [-0.2, -0.15) is 5.26 Å². The molecule has 0 bridgehead atoms. The Morgan fingerprint density at radius 2 is 1.96 bits per heavy atom. The first-order chi connectivity index (χ1) is 12.8. The van der Waals surface area contributed by atoms with Gasteiger partial charge in [0, 0.05) is 38.4 Å². The second-order valence-electron chi connectivity index (χ2n) is 6.50. The van der Waals surface area contributed by atoms with Gasteiger partial charge in [0.15, 0.2) is 5.96 Å². The quantitative estimate of drug-likeness (QED) is 0.659. The Morgan fingerprint density at radius 3 is 2.65 bits per heavy atom. The number of anilines is 1. The Kier molecular flexibility index (Phi) is 6.10. The number of guanidine groups is 1. The third-order valence-electron chi connectivity index (χ3n) is 4.65. The van der Waals surface area contributed by atoms with Crippen molar-refractivity contribution in [3.05, 3.63) is 65.7 Å². The molecule has 0 saturated carbocycles. The second-order valence-corrected chi connectivity index (χ2v) is 6.50. The van der Waals surface area contributed by atoms with Crippen molar-refractivity contribution < 1.29 is 0 Å². The van der Waals surface area contributed by atoms with Crippen LogP contribution in [0.2, 0.25) is 0 Å². The first-order valence-electron chi connectivity index (χ1n) is 9.04. The number of nitrogens with zero attached hydrogens (tertiary/aromatic N) is 3. The summed E-state index contributed by atoms with van der Waals surface area (Å²) in [6.07, 6.45) is 2.31. The number of nitriles is 1. The molecule has 1 heterocycles. The van der Waals surface area contributed by atoms with Gasteiger partial charge in [-0.1, -0.05) is 30.3 Å². The molecule has 0 radical (unpaired) electrons. The highest BCUT2D eigenvalue weighted by Crippen LogP contribution is 2.19. The highest BCUT2D eigenvalue weighted by molar-refractivity contribution is 5.80. The second kappa shape index (κ2) is 8.91. The van der Waals surface area contributed by atoms with Gasteiger partial charge in [0.05, 0.1) is 11.6 Å². The summed E-state index contributed by atoms with van der Waals surface area (Å²) in [5.74, 6) is 0.814. The molecule has 1 unspecified atom stereocenters. The normalized spacial score (nSPS) is 17.5. The third-order valence-corrected chi connectivity index (χ3v) is 4.65. The van der Waals surface area contributed by atoms with Gasteiger partial charge >= 0.3 is 0 Å². The summed E-state index contributed by atoms with van der Waals surface area (Å²) >= 11 is 0. The summed E-state index contributed by atoms with van der Waals surface area (Å²) in [5, 5.41) is 15.8. The first-order valence-corrected chi connectivity index (χ1v) is 9.04. The van der Waals surface area contributed by atoms with Crippen molar-refractivity contribution in [2.24, 2.45) is 4.99 Å². The molecule has 26 heavy (non-hydrogen) atoms. The fraction of sp³-hybridized carbons (Fsp3) is 0.333. The predicted molar refractivity (Wildman–Crippen MR) is 106 cm³/mol. The minimum absolute atomic E-state index is 0.371. The van der Waals surface area contributed by atoms with Crippen LogP contribution in [0.4, 0.5) is 5.69 Å². The van der Waals surface area contributed by atoms with E-state index in [0.29, 0.717) is 18.2 Å². The summed E-state index contributed by atoms with van der Waals surface area (Å²) < 4.78 is 0. The summed E-state index contributed by atoms with van der Waals surface area (Å²) in [7, 11) is 1.80. The Hall–Kier alpha value is -3.00. The van der Waals surface area contributed by atoms with E-state index >= 15 is 0 Å². The zero-order valence-corrected chi connectivity index (χ0v) is 15.2. The lowest BCUT2D eigenvalue weighted by atomic mass is 10.0. The van der Waals surface area contributed by atoms with Crippen LogP contribution >= 0.6 is 0 Å². The van der Waals surface area contributed by atoms with Crippen molar-refractivity contribution in [3.63, 3.8) is 0 Å². The monoisotopic (exact) mass is 347 g/mol. The molecule has 2 aromatic carbocycles. The van der Waals surface area contributed by atoms with Crippen molar-refractivity contribution in [2.45, 2.75) is 25.4 Å². The number of hydrogen-bond acceptors (Lipinski definition) is 3. The smallest absolute Gasteiger partial charge is 0.191 e. The van der Waals surface area contributed by atoms with Crippen LogP contribution < -0.4 is 15.5 Å². The van der Waals surface area contributed by atoms with Crippen LogP contribution in [0.5, 0.6) is 0 Å². The SMILES string of the molecule is CN=C(NCc1ccc(C#N)cc1)NC1CCCN(c2ccccc2)C1. The number of para-hydroxylation sites is 1. The van der Waals surface area contributed by atoms with E-state index in [1.807, 2.05) is 24.3 Å². The van der Waals surface area contributed by atoms with E-state index in [2.05, 4.69) is 56.9 Å². The molecule has 2 aromatic rings. The number of benzene rings is 2. The predicted octanol–water partition coefficient (Wildman–Crippen LogP) is 2.89. The molecular formula is C21H25N5. The number of rotatable bonds is 4. The Bertz CT molecular complexity index is 761. The first kappa shape index (κ1) is 17.8. The molecule has 5 heteroatoms. The van der Waals surface area contributed by atoms with Crippen LogP contribution in [-0.2, 0) is 6.54 Å². The molecule has 0 aliphatic carbocycles. The van der Waals surface area contributed by atoms with E-state index in [1.165, 1.54) is 12.1 Å². The van der Waals surface area contributed by atoms with Crippen molar-refractivity contribution in [1.29, 1.82) is 5.26 Å². The number of hydrogen-bond donors (Lipinski definition) is 2. The van der Waals surface area contributed by atoms with Crippen LogP contribution in [0.1, 0.15) is 24.0 Å². The van der Waals surface area contributed by atoms with Gasteiger partial charge in [-0.3, -0.25) is 4.99 Å². The molecule has 134 valence electrons. The van der Waals surface area contributed by atoms with Crippen molar-refractivity contribution in [1.82, 2.24) is 10.6 Å². The number of aliphatic imine (C=N–C) groups is 1. The highest BCUT2D eigenvalue weighted by Gasteiger charge is 2.20. The van der Waals surface area contributed by atoms with Gasteiger partial charge in [0.25, 0.3) is 0 Å². The maximum absolute atomic E-state index is 8.87. The summed E-state index contributed by atoms with van der Waals surface area (Å²) in [5.41, 5.74) is 3.08. The van der Waals surface area contributed by atoms with Gasteiger partial charge in [-0.05, 0) is 42.7 Å². The van der Waals surface area contributed by atoms with E-state index < -0.39 is 0 Å². The lowest BCUT2D eigenvalue weighted by molar-refractivity contribution is 0.468. The van der Waals surface area contributed by atoms with Gasteiger partial charge in [-0.15, -0.1) is 0 Å². The van der Waals surface area contributed by atoms with Crippen LogP contribution in [0.25, 0.3) is 0 Å². The third kappa shape index (κ3) is 4.76. The molecule has 0 spiro atoms. The molecule has 2 N–H and O–H groups in total. The Morgan fingerprint density at radius 1 is 1.19 bits per heavy atom. The highest BCUT2D eigenvalue weighted by atomic mass is 15.2. The van der Waals surface area contributed by atoms with Gasteiger partial charge < -0.3 is 15.5 Å². The van der Waals surface area contributed by atoms with E-state index in [4.69, 9.17) is 5.26 Å². The maximum Gasteiger partial charge on any atom is 0.191 e. The average molecular weight is 347 g/mol. The Balaban J connectivity index is 1.53. The molecule has 0 aromatic heterocycles. The van der Waals surface area contributed by atoms with Crippen molar-refractivity contribution >= 4 is 11.6 Å². The van der Waals surface area contributed by atoms with Crippen LogP contribution in [0, 0.1) is 11.3 Å². The minimum atomic E-state index is 0.371. The van der Waals surface area contributed by atoms with Gasteiger partial charge in [-0.25, -0.2) is 0 Å². The largest absolute Gasteiger partial charge is 0.369 e. The molecular weight excluding hydrogens is 322 g/mol. The van der Waals surface area contributed by atoms with Crippen molar-refractivity contribution in [2.75, 3.05) is 25.0 Å². The van der Waals surface area contributed by atoms with E-state index in [9.17, 15) is 0 Å². The molecule has 1 aliphatic heterocycles. The minimum Gasteiger partial charge on any atom is -0.369 e. The molecule has 0 amide bonds. The summed E-state index contributed by atoms with van der Waals surface area (Å²) in [6, 6.07) is 20.7. The van der Waals surface area contributed by atoms with E-state index in [1.54, 1.807) is 7.05 Å².